The number of carbonyl (C=O) groups excluding carboxylic acids is 1. The number of carbonyl (C=O) groups is 1. The quantitative estimate of drug-likeness (QED) is 0.780. The van der Waals surface area contributed by atoms with E-state index >= 15 is 0 Å². The summed E-state index contributed by atoms with van der Waals surface area (Å²) in [5, 5.41) is 3.04. The maximum absolute atomic E-state index is 13.0. The molecule has 4 rings (SSSR count). The number of thiazole rings is 1. The molecular formula is C18H22N2OS2. The van der Waals surface area contributed by atoms with Crippen molar-refractivity contribution < 1.29 is 4.79 Å². The monoisotopic (exact) mass is 346 g/mol. The molecule has 2 atom stereocenters. The summed E-state index contributed by atoms with van der Waals surface area (Å²) in [5.41, 5.74) is 0.883. The van der Waals surface area contributed by atoms with Crippen LogP contribution in [0.5, 0.6) is 0 Å². The Labute approximate surface area is 145 Å². The predicted molar refractivity (Wildman–Crippen MR) is 96.1 cm³/mol. The minimum atomic E-state index is 0.201. The first-order valence-electron chi connectivity index (χ1n) is 8.53. The second-order valence-electron chi connectivity index (χ2n) is 6.76. The van der Waals surface area contributed by atoms with Crippen LogP contribution in [0.1, 0.15) is 47.5 Å². The first-order valence-corrected chi connectivity index (χ1v) is 10.2. The van der Waals surface area contributed by atoms with Crippen molar-refractivity contribution in [2.24, 2.45) is 11.8 Å². The van der Waals surface area contributed by atoms with Crippen molar-refractivity contribution in [3.63, 3.8) is 0 Å². The van der Waals surface area contributed by atoms with E-state index in [1.165, 1.54) is 32.1 Å². The summed E-state index contributed by atoms with van der Waals surface area (Å²) in [6.45, 7) is 3.84. The highest BCUT2D eigenvalue weighted by Gasteiger charge is 2.34. The van der Waals surface area contributed by atoms with Crippen LogP contribution in [0.4, 0.5) is 0 Å². The molecule has 0 N–H and O–H groups in total. The zero-order chi connectivity index (χ0) is 15.8. The highest BCUT2D eigenvalue weighted by atomic mass is 32.1. The van der Waals surface area contributed by atoms with Gasteiger partial charge in [-0.3, -0.25) is 4.79 Å². The number of hydrogen-bond acceptors (Lipinski definition) is 4. The molecule has 23 heavy (non-hydrogen) atoms. The maximum atomic E-state index is 13.0. The van der Waals surface area contributed by atoms with E-state index in [2.05, 4.69) is 21.3 Å². The molecule has 0 radical (unpaired) electrons. The summed E-state index contributed by atoms with van der Waals surface area (Å²) in [4.78, 5) is 21.7. The number of amides is 1. The Morgan fingerprint density at radius 2 is 2.09 bits per heavy atom. The van der Waals surface area contributed by atoms with E-state index in [0.717, 1.165) is 45.4 Å². The Hall–Kier alpha value is -1.20. The molecule has 5 heteroatoms. The van der Waals surface area contributed by atoms with Gasteiger partial charge in [0.1, 0.15) is 9.88 Å². The molecule has 0 unspecified atom stereocenters. The molecule has 1 saturated heterocycles. The minimum absolute atomic E-state index is 0.201. The third-order valence-electron chi connectivity index (χ3n) is 5.30. The fraction of sp³-hybridized carbons (Fsp3) is 0.556. The van der Waals surface area contributed by atoms with Gasteiger partial charge in [0.05, 0.1) is 10.6 Å². The van der Waals surface area contributed by atoms with Gasteiger partial charge in [-0.25, -0.2) is 4.98 Å². The van der Waals surface area contributed by atoms with E-state index in [1.807, 2.05) is 13.0 Å². The molecule has 2 aromatic rings. The van der Waals surface area contributed by atoms with Crippen LogP contribution in [0.15, 0.2) is 17.5 Å². The fourth-order valence-corrected chi connectivity index (χ4v) is 5.86. The van der Waals surface area contributed by atoms with Crippen molar-refractivity contribution in [2.75, 3.05) is 13.1 Å². The first kappa shape index (κ1) is 15.3. The van der Waals surface area contributed by atoms with Gasteiger partial charge in [-0.05, 0) is 43.0 Å². The molecular weight excluding hydrogens is 324 g/mol. The van der Waals surface area contributed by atoms with Crippen molar-refractivity contribution >= 4 is 28.6 Å². The van der Waals surface area contributed by atoms with Crippen molar-refractivity contribution in [3.8, 4) is 9.88 Å². The lowest BCUT2D eigenvalue weighted by atomic mass is 9.75. The average molecular weight is 347 g/mol. The summed E-state index contributed by atoms with van der Waals surface area (Å²) in [6, 6.07) is 4.11. The smallest absolute Gasteiger partial charge is 0.265 e. The molecule has 122 valence electrons. The number of fused-ring (bicyclic) bond motifs is 1. The lowest BCUT2D eigenvalue weighted by molar-refractivity contribution is 0.0524. The average Bonchev–Trinajstić information content (AvgIpc) is 3.23. The van der Waals surface area contributed by atoms with Gasteiger partial charge in [0.15, 0.2) is 0 Å². The number of nitrogens with zero attached hydrogens (tertiary/aromatic N) is 2. The van der Waals surface area contributed by atoms with Crippen LogP contribution in [0, 0.1) is 18.8 Å². The van der Waals surface area contributed by atoms with Gasteiger partial charge in [-0.1, -0.05) is 25.3 Å². The van der Waals surface area contributed by atoms with Gasteiger partial charge in [0.2, 0.25) is 0 Å². The molecule has 0 aromatic carbocycles. The third kappa shape index (κ3) is 2.96. The largest absolute Gasteiger partial charge is 0.338 e. The van der Waals surface area contributed by atoms with E-state index in [0.29, 0.717) is 0 Å². The van der Waals surface area contributed by atoms with Crippen molar-refractivity contribution in [2.45, 2.75) is 39.0 Å². The molecule has 1 saturated carbocycles. The minimum Gasteiger partial charge on any atom is -0.338 e. The maximum Gasteiger partial charge on any atom is 0.265 e. The predicted octanol–water partition coefficient (Wildman–Crippen LogP) is 4.83. The molecule has 2 aliphatic rings. The zero-order valence-electron chi connectivity index (χ0n) is 13.5. The lowest BCUT2D eigenvalue weighted by Crippen LogP contribution is -2.44. The van der Waals surface area contributed by atoms with E-state index in [9.17, 15) is 4.79 Å². The topological polar surface area (TPSA) is 33.2 Å². The van der Waals surface area contributed by atoms with E-state index < -0.39 is 0 Å². The summed E-state index contributed by atoms with van der Waals surface area (Å²) in [6.07, 6.45) is 6.58. The van der Waals surface area contributed by atoms with Crippen LogP contribution in [0.25, 0.3) is 9.88 Å². The molecule has 0 spiro atoms. The summed E-state index contributed by atoms with van der Waals surface area (Å²) < 4.78 is 0. The summed E-state index contributed by atoms with van der Waals surface area (Å²) in [7, 11) is 0. The van der Waals surface area contributed by atoms with Crippen LogP contribution in [0.3, 0.4) is 0 Å². The summed E-state index contributed by atoms with van der Waals surface area (Å²) in [5.74, 6) is 1.79. The van der Waals surface area contributed by atoms with Gasteiger partial charge in [0, 0.05) is 13.1 Å². The molecule has 1 amide bonds. The Kier molecular flexibility index (Phi) is 4.24. The third-order valence-corrected chi connectivity index (χ3v) is 7.49. The lowest BCUT2D eigenvalue weighted by Gasteiger charge is -2.41. The molecule has 0 bridgehead atoms. The molecule has 3 nitrogen and oxygen atoms in total. The SMILES string of the molecule is Cc1nc(-c2cccs2)sc1C(=O)N1CC[C@@H]2CCCC[C@H]2C1. The Balaban J connectivity index is 1.53. The fourth-order valence-electron chi connectivity index (χ4n) is 4.03. The van der Waals surface area contributed by atoms with Gasteiger partial charge < -0.3 is 4.90 Å². The molecule has 3 heterocycles. The Morgan fingerprint density at radius 3 is 2.87 bits per heavy atom. The highest BCUT2D eigenvalue weighted by Crippen LogP contribution is 2.37. The molecule has 1 aliphatic heterocycles. The number of piperidine rings is 1. The van der Waals surface area contributed by atoms with Gasteiger partial charge in [-0.15, -0.1) is 22.7 Å². The molecule has 2 fully saturated rings. The van der Waals surface area contributed by atoms with E-state index in [4.69, 9.17) is 0 Å². The standard InChI is InChI=1S/C18H22N2OS2/c1-12-16(23-17(19-12)15-7-4-10-22-15)18(21)20-9-8-13-5-2-3-6-14(13)11-20/h4,7,10,13-14H,2-3,5-6,8-9,11H2,1H3/t13-,14-/m0/s1. The summed E-state index contributed by atoms with van der Waals surface area (Å²) >= 11 is 3.24. The van der Waals surface area contributed by atoms with E-state index in [-0.39, 0.29) is 5.91 Å². The van der Waals surface area contributed by atoms with Crippen molar-refractivity contribution in [1.82, 2.24) is 9.88 Å². The second kappa shape index (κ2) is 6.36. The number of rotatable bonds is 2. The van der Waals surface area contributed by atoms with Gasteiger partial charge >= 0.3 is 0 Å². The first-order chi connectivity index (χ1) is 11.2. The number of likely N-dealkylation sites (tertiary alicyclic amines) is 1. The Bertz CT molecular complexity index is 692. The van der Waals surface area contributed by atoms with Crippen molar-refractivity contribution in [3.05, 3.63) is 28.1 Å². The normalized spacial score (nSPS) is 24.5. The highest BCUT2D eigenvalue weighted by molar-refractivity contribution is 7.22. The van der Waals surface area contributed by atoms with Crippen LogP contribution >= 0.6 is 22.7 Å². The van der Waals surface area contributed by atoms with E-state index in [1.54, 1.807) is 22.7 Å². The molecule has 1 aliphatic carbocycles. The number of aromatic nitrogens is 1. The van der Waals surface area contributed by atoms with Crippen LogP contribution in [-0.2, 0) is 0 Å². The second-order valence-corrected chi connectivity index (χ2v) is 8.70. The van der Waals surface area contributed by atoms with Crippen LogP contribution in [-0.4, -0.2) is 28.9 Å². The number of aryl methyl sites for hydroxylation is 1. The molecule has 2 aromatic heterocycles. The number of hydrogen-bond donors (Lipinski definition) is 0. The van der Waals surface area contributed by atoms with Crippen molar-refractivity contribution in [1.29, 1.82) is 0 Å². The van der Waals surface area contributed by atoms with Gasteiger partial charge in [-0.2, -0.15) is 0 Å². The Morgan fingerprint density at radius 1 is 1.26 bits per heavy atom. The van der Waals surface area contributed by atoms with Crippen LogP contribution < -0.4 is 0 Å². The van der Waals surface area contributed by atoms with Crippen LogP contribution in [0.2, 0.25) is 0 Å². The number of thiophene rings is 1. The zero-order valence-corrected chi connectivity index (χ0v) is 15.1. The van der Waals surface area contributed by atoms with Gasteiger partial charge in [0.25, 0.3) is 5.91 Å².